The SMILES string of the molecule is Cc1nccn1C[C@H](C)CNC(=O)c1ccc2c(c1)CCC(=O)N2. The highest BCUT2D eigenvalue weighted by Crippen LogP contribution is 2.23. The van der Waals surface area contributed by atoms with E-state index in [1.807, 2.05) is 19.2 Å². The molecule has 2 amide bonds. The van der Waals surface area contributed by atoms with Crippen molar-refractivity contribution in [3.05, 3.63) is 47.5 Å². The highest BCUT2D eigenvalue weighted by molar-refractivity contribution is 5.97. The predicted molar refractivity (Wildman–Crippen MR) is 91.9 cm³/mol. The third-order valence-electron chi connectivity index (χ3n) is 4.31. The van der Waals surface area contributed by atoms with Gasteiger partial charge in [0.15, 0.2) is 0 Å². The van der Waals surface area contributed by atoms with E-state index in [1.54, 1.807) is 18.3 Å². The van der Waals surface area contributed by atoms with Crippen LogP contribution in [0.5, 0.6) is 0 Å². The Hall–Kier alpha value is -2.63. The zero-order chi connectivity index (χ0) is 17.1. The van der Waals surface area contributed by atoms with Gasteiger partial charge in [0.05, 0.1) is 0 Å². The molecule has 6 nitrogen and oxygen atoms in total. The average molecular weight is 326 g/mol. The summed E-state index contributed by atoms with van der Waals surface area (Å²) in [4.78, 5) is 27.9. The Kier molecular flexibility index (Phi) is 4.64. The molecular weight excluding hydrogens is 304 g/mol. The number of imidazole rings is 1. The van der Waals surface area contributed by atoms with Gasteiger partial charge in [-0.1, -0.05) is 6.92 Å². The van der Waals surface area contributed by atoms with Crippen LogP contribution in [0, 0.1) is 12.8 Å². The van der Waals surface area contributed by atoms with Crippen LogP contribution in [0.3, 0.4) is 0 Å². The van der Waals surface area contributed by atoms with E-state index in [4.69, 9.17) is 0 Å². The lowest BCUT2D eigenvalue weighted by Gasteiger charge is -2.18. The van der Waals surface area contributed by atoms with Crippen molar-refractivity contribution >= 4 is 17.5 Å². The lowest BCUT2D eigenvalue weighted by atomic mass is 10.00. The molecule has 0 fully saturated rings. The summed E-state index contributed by atoms with van der Waals surface area (Å²) in [7, 11) is 0. The third kappa shape index (κ3) is 3.64. The van der Waals surface area contributed by atoms with E-state index in [0.717, 1.165) is 23.6 Å². The summed E-state index contributed by atoms with van der Waals surface area (Å²) in [6.45, 7) is 5.49. The van der Waals surface area contributed by atoms with Crippen molar-refractivity contribution in [2.75, 3.05) is 11.9 Å². The van der Waals surface area contributed by atoms with Crippen molar-refractivity contribution in [1.82, 2.24) is 14.9 Å². The summed E-state index contributed by atoms with van der Waals surface area (Å²) >= 11 is 0. The number of benzene rings is 1. The van der Waals surface area contributed by atoms with Crippen molar-refractivity contribution in [1.29, 1.82) is 0 Å². The molecule has 1 aliphatic rings. The molecule has 1 aliphatic heterocycles. The van der Waals surface area contributed by atoms with Crippen molar-refractivity contribution in [3.8, 4) is 0 Å². The Morgan fingerprint density at radius 3 is 3.00 bits per heavy atom. The van der Waals surface area contributed by atoms with Gasteiger partial charge in [-0.15, -0.1) is 0 Å². The van der Waals surface area contributed by atoms with E-state index in [9.17, 15) is 9.59 Å². The van der Waals surface area contributed by atoms with Crippen LogP contribution in [0.2, 0.25) is 0 Å². The molecule has 0 unspecified atom stereocenters. The molecule has 1 atom stereocenters. The van der Waals surface area contributed by atoms with Crippen LogP contribution in [0.15, 0.2) is 30.6 Å². The highest BCUT2D eigenvalue weighted by Gasteiger charge is 2.17. The number of aromatic nitrogens is 2. The van der Waals surface area contributed by atoms with Gasteiger partial charge >= 0.3 is 0 Å². The number of aryl methyl sites for hydroxylation is 2. The molecule has 0 saturated carbocycles. The highest BCUT2D eigenvalue weighted by atomic mass is 16.2. The zero-order valence-corrected chi connectivity index (χ0v) is 14.0. The first-order valence-electron chi connectivity index (χ1n) is 8.21. The summed E-state index contributed by atoms with van der Waals surface area (Å²) in [5, 5.41) is 5.81. The molecule has 2 N–H and O–H groups in total. The second kappa shape index (κ2) is 6.86. The number of amides is 2. The second-order valence-electron chi connectivity index (χ2n) is 6.36. The molecule has 1 aromatic heterocycles. The first kappa shape index (κ1) is 16.2. The fourth-order valence-corrected chi connectivity index (χ4v) is 2.89. The van der Waals surface area contributed by atoms with Gasteiger partial charge in [0.25, 0.3) is 5.91 Å². The Morgan fingerprint density at radius 2 is 2.25 bits per heavy atom. The van der Waals surface area contributed by atoms with Gasteiger partial charge in [-0.2, -0.15) is 0 Å². The largest absolute Gasteiger partial charge is 0.352 e. The van der Waals surface area contributed by atoms with Crippen LogP contribution >= 0.6 is 0 Å². The van der Waals surface area contributed by atoms with Gasteiger partial charge in [0, 0.05) is 43.2 Å². The minimum atomic E-state index is -0.0797. The summed E-state index contributed by atoms with van der Waals surface area (Å²) < 4.78 is 2.08. The van der Waals surface area contributed by atoms with Crippen LogP contribution in [-0.2, 0) is 17.8 Å². The van der Waals surface area contributed by atoms with E-state index in [-0.39, 0.29) is 11.8 Å². The number of hydrogen-bond donors (Lipinski definition) is 2. The third-order valence-corrected chi connectivity index (χ3v) is 4.31. The summed E-state index contributed by atoms with van der Waals surface area (Å²) in [6.07, 6.45) is 4.88. The number of carbonyl (C=O) groups is 2. The van der Waals surface area contributed by atoms with Crippen molar-refractivity contribution in [2.45, 2.75) is 33.2 Å². The number of fused-ring (bicyclic) bond motifs is 1. The van der Waals surface area contributed by atoms with Crippen molar-refractivity contribution < 1.29 is 9.59 Å². The molecule has 0 bridgehead atoms. The van der Waals surface area contributed by atoms with E-state index in [0.29, 0.717) is 30.9 Å². The van der Waals surface area contributed by atoms with Crippen molar-refractivity contribution in [2.24, 2.45) is 5.92 Å². The molecule has 2 heterocycles. The van der Waals surface area contributed by atoms with Gasteiger partial charge in [-0.3, -0.25) is 9.59 Å². The minimum Gasteiger partial charge on any atom is -0.352 e. The maximum atomic E-state index is 12.4. The molecular formula is C18H22N4O2. The smallest absolute Gasteiger partial charge is 0.251 e. The molecule has 3 rings (SSSR count). The van der Waals surface area contributed by atoms with Gasteiger partial charge in [0.1, 0.15) is 5.82 Å². The van der Waals surface area contributed by atoms with Crippen LogP contribution in [0.25, 0.3) is 0 Å². The molecule has 6 heteroatoms. The Balaban J connectivity index is 1.57. The topological polar surface area (TPSA) is 76.0 Å². The van der Waals surface area contributed by atoms with E-state index < -0.39 is 0 Å². The number of carbonyl (C=O) groups excluding carboxylic acids is 2. The summed E-state index contributed by atoms with van der Waals surface area (Å²) in [5.74, 6) is 1.23. The molecule has 24 heavy (non-hydrogen) atoms. The number of hydrogen-bond acceptors (Lipinski definition) is 3. The fraction of sp³-hybridized carbons (Fsp3) is 0.389. The standard InChI is InChI=1S/C18H22N4O2/c1-12(11-22-8-7-19-13(22)2)10-20-18(24)15-3-5-16-14(9-15)4-6-17(23)21-16/h3,5,7-9,12H,4,6,10-11H2,1-2H3,(H,20,24)(H,21,23)/t12-/m1/s1. The molecule has 1 aromatic carbocycles. The Bertz CT molecular complexity index is 766. The maximum absolute atomic E-state index is 12.4. The number of nitrogens with one attached hydrogen (secondary N) is 2. The number of anilines is 1. The van der Waals surface area contributed by atoms with Crippen molar-refractivity contribution in [3.63, 3.8) is 0 Å². The average Bonchev–Trinajstić information content (AvgIpc) is 2.97. The van der Waals surface area contributed by atoms with E-state index in [1.165, 1.54) is 0 Å². The minimum absolute atomic E-state index is 0.0309. The molecule has 0 aliphatic carbocycles. The molecule has 0 saturated heterocycles. The molecule has 0 radical (unpaired) electrons. The number of rotatable bonds is 5. The second-order valence-corrected chi connectivity index (χ2v) is 6.36. The van der Waals surface area contributed by atoms with E-state index >= 15 is 0 Å². The van der Waals surface area contributed by atoms with Gasteiger partial charge < -0.3 is 15.2 Å². The maximum Gasteiger partial charge on any atom is 0.251 e. The van der Waals surface area contributed by atoms with Crippen LogP contribution < -0.4 is 10.6 Å². The van der Waals surface area contributed by atoms with Gasteiger partial charge in [-0.25, -0.2) is 4.98 Å². The summed E-state index contributed by atoms with van der Waals surface area (Å²) in [5.41, 5.74) is 2.46. The molecule has 0 spiro atoms. The fourth-order valence-electron chi connectivity index (χ4n) is 2.89. The van der Waals surface area contributed by atoms with Crippen LogP contribution in [0.4, 0.5) is 5.69 Å². The van der Waals surface area contributed by atoms with Crippen LogP contribution in [0.1, 0.15) is 35.1 Å². The van der Waals surface area contributed by atoms with E-state index in [2.05, 4.69) is 27.1 Å². The first-order chi connectivity index (χ1) is 11.5. The Morgan fingerprint density at radius 1 is 1.42 bits per heavy atom. The predicted octanol–water partition coefficient (Wildman–Crippen LogP) is 2.14. The normalized spacial score (nSPS) is 14.7. The lowest BCUT2D eigenvalue weighted by molar-refractivity contribution is -0.116. The quantitative estimate of drug-likeness (QED) is 0.884. The van der Waals surface area contributed by atoms with Crippen LogP contribution in [-0.4, -0.2) is 27.9 Å². The first-order valence-corrected chi connectivity index (χ1v) is 8.21. The van der Waals surface area contributed by atoms with Gasteiger partial charge in [0.2, 0.25) is 5.91 Å². The molecule has 2 aromatic rings. The van der Waals surface area contributed by atoms with Gasteiger partial charge in [-0.05, 0) is 43.0 Å². The zero-order valence-electron chi connectivity index (χ0n) is 14.0. The number of nitrogens with zero attached hydrogens (tertiary/aromatic N) is 2. The monoisotopic (exact) mass is 326 g/mol. The summed E-state index contributed by atoms with van der Waals surface area (Å²) in [6, 6.07) is 5.43. The molecule has 126 valence electrons. The lowest BCUT2D eigenvalue weighted by Crippen LogP contribution is -2.30. The Labute approximate surface area is 141 Å².